The van der Waals surface area contributed by atoms with Crippen LogP contribution in [0.25, 0.3) is 11.0 Å². The van der Waals surface area contributed by atoms with Gasteiger partial charge in [0.2, 0.25) is 0 Å². The predicted molar refractivity (Wildman–Crippen MR) is 79.2 cm³/mol. The van der Waals surface area contributed by atoms with E-state index in [1.54, 1.807) is 0 Å². The Bertz CT molecular complexity index is 697. The van der Waals surface area contributed by atoms with E-state index in [4.69, 9.17) is 5.73 Å². The molecule has 3 aromatic rings. The summed E-state index contributed by atoms with van der Waals surface area (Å²) in [5.41, 5.74) is 8.39. The fourth-order valence-electron chi connectivity index (χ4n) is 2.45. The molecule has 0 radical (unpaired) electrons. The molecule has 2 aromatic heterocycles. The Morgan fingerprint density at radius 2 is 2.10 bits per heavy atom. The van der Waals surface area contributed by atoms with Crippen molar-refractivity contribution in [2.24, 2.45) is 12.8 Å². The van der Waals surface area contributed by atoms with Gasteiger partial charge in [-0.05, 0) is 18.6 Å². The molecule has 20 heavy (non-hydrogen) atoms. The summed E-state index contributed by atoms with van der Waals surface area (Å²) in [7, 11) is 2.01. The molecular weight excluding hydrogens is 250 g/mol. The summed E-state index contributed by atoms with van der Waals surface area (Å²) in [5.74, 6) is 1.08. The Morgan fingerprint density at radius 3 is 2.90 bits per heavy atom. The molecule has 5 nitrogen and oxygen atoms in total. The van der Waals surface area contributed by atoms with Crippen LogP contribution >= 0.6 is 0 Å². The molecule has 3 rings (SSSR count). The van der Waals surface area contributed by atoms with Crippen LogP contribution in [0, 0.1) is 0 Å². The van der Waals surface area contributed by atoms with Gasteiger partial charge < -0.3 is 14.9 Å². The molecule has 0 saturated heterocycles. The fraction of sp³-hybridized carbons (Fsp3) is 0.333. The van der Waals surface area contributed by atoms with Gasteiger partial charge in [0.05, 0.1) is 17.4 Å². The number of para-hydroxylation sites is 2. The Hall–Kier alpha value is -2.14. The molecule has 0 fully saturated rings. The van der Waals surface area contributed by atoms with Gasteiger partial charge in [-0.25, -0.2) is 9.97 Å². The van der Waals surface area contributed by atoms with Crippen LogP contribution in [0.4, 0.5) is 0 Å². The Labute approximate surface area is 118 Å². The second kappa shape index (κ2) is 5.46. The van der Waals surface area contributed by atoms with Crippen molar-refractivity contribution in [2.75, 3.05) is 0 Å². The number of fused-ring (bicyclic) bond motifs is 1. The number of nitrogens with two attached hydrogens (primary N) is 1. The number of aromatic nitrogens is 4. The lowest BCUT2D eigenvalue weighted by Gasteiger charge is -2.13. The lowest BCUT2D eigenvalue weighted by atomic mass is 10.1. The first kappa shape index (κ1) is 12.9. The second-order valence-corrected chi connectivity index (χ2v) is 5.14. The molecule has 0 bridgehead atoms. The molecular formula is C15H19N5. The molecule has 0 amide bonds. The third-order valence-electron chi connectivity index (χ3n) is 3.62. The molecule has 2 N–H and O–H groups in total. The average molecular weight is 269 g/mol. The zero-order valence-corrected chi connectivity index (χ0v) is 11.6. The number of hydrogen-bond donors (Lipinski definition) is 1. The Balaban J connectivity index is 1.64. The summed E-state index contributed by atoms with van der Waals surface area (Å²) >= 11 is 0. The maximum atomic E-state index is 6.24. The summed E-state index contributed by atoms with van der Waals surface area (Å²) in [6.45, 7) is 0.783. The first-order chi connectivity index (χ1) is 9.74. The molecule has 0 spiro atoms. The number of benzene rings is 1. The standard InChI is InChI=1S/C15H19N5/c1-19-9-8-17-15(19)7-6-12(16)10-20-11-18-13-4-2-3-5-14(13)20/h2-5,8-9,11-12H,6-7,10,16H2,1H3. The molecule has 104 valence electrons. The highest BCUT2D eigenvalue weighted by Crippen LogP contribution is 2.13. The van der Waals surface area contributed by atoms with E-state index >= 15 is 0 Å². The van der Waals surface area contributed by atoms with Gasteiger partial charge in [-0.15, -0.1) is 0 Å². The van der Waals surface area contributed by atoms with Crippen LogP contribution in [0.5, 0.6) is 0 Å². The van der Waals surface area contributed by atoms with E-state index in [0.29, 0.717) is 0 Å². The monoisotopic (exact) mass is 269 g/mol. The number of aryl methyl sites for hydroxylation is 2. The van der Waals surface area contributed by atoms with E-state index in [1.807, 2.05) is 48.5 Å². The zero-order valence-electron chi connectivity index (χ0n) is 11.6. The molecule has 1 atom stereocenters. The van der Waals surface area contributed by atoms with Crippen LogP contribution in [0.15, 0.2) is 43.0 Å². The Kier molecular flexibility index (Phi) is 3.52. The summed E-state index contributed by atoms with van der Waals surface area (Å²) in [6.07, 6.45) is 7.47. The van der Waals surface area contributed by atoms with Crippen LogP contribution in [0.1, 0.15) is 12.2 Å². The lowest BCUT2D eigenvalue weighted by molar-refractivity contribution is 0.518. The van der Waals surface area contributed by atoms with E-state index in [0.717, 1.165) is 36.2 Å². The Morgan fingerprint density at radius 1 is 1.25 bits per heavy atom. The van der Waals surface area contributed by atoms with Gasteiger partial charge in [0, 0.05) is 38.4 Å². The van der Waals surface area contributed by atoms with Crippen LogP contribution in [-0.2, 0) is 20.0 Å². The zero-order chi connectivity index (χ0) is 13.9. The maximum absolute atomic E-state index is 6.24. The first-order valence-corrected chi connectivity index (χ1v) is 6.85. The van der Waals surface area contributed by atoms with E-state index < -0.39 is 0 Å². The van der Waals surface area contributed by atoms with Crippen molar-refractivity contribution in [3.05, 3.63) is 48.8 Å². The van der Waals surface area contributed by atoms with Crippen molar-refractivity contribution in [1.29, 1.82) is 0 Å². The fourth-order valence-corrected chi connectivity index (χ4v) is 2.45. The second-order valence-electron chi connectivity index (χ2n) is 5.14. The minimum absolute atomic E-state index is 0.101. The number of imidazole rings is 2. The number of rotatable bonds is 5. The van der Waals surface area contributed by atoms with E-state index in [1.165, 1.54) is 0 Å². The summed E-state index contributed by atoms with van der Waals surface area (Å²) in [5, 5.41) is 0. The smallest absolute Gasteiger partial charge is 0.108 e. The van der Waals surface area contributed by atoms with E-state index in [9.17, 15) is 0 Å². The van der Waals surface area contributed by atoms with Crippen LogP contribution in [0.2, 0.25) is 0 Å². The molecule has 0 aliphatic rings. The summed E-state index contributed by atoms with van der Waals surface area (Å²) in [6, 6.07) is 8.23. The minimum Gasteiger partial charge on any atom is -0.338 e. The van der Waals surface area contributed by atoms with Crippen molar-refractivity contribution < 1.29 is 0 Å². The summed E-state index contributed by atoms with van der Waals surface area (Å²) < 4.78 is 4.16. The maximum Gasteiger partial charge on any atom is 0.108 e. The van der Waals surface area contributed by atoms with E-state index in [2.05, 4.69) is 20.6 Å². The lowest BCUT2D eigenvalue weighted by Crippen LogP contribution is -2.26. The van der Waals surface area contributed by atoms with Gasteiger partial charge in [0.25, 0.3) is 0 Å². The highest BCUT2D eigenvalue weighted by molar-refractivity contribution is 5.74. The highest BCUT2D eigenvalue weighted by atomic mass is 15.1. The van der Waals surface area contributed by atoms with Crippen molar-refractivity contribution in [2.45, 2.75) is 25.4 Å². The average Bonchev–Trinajstić information content (AvgIpc) is 3.04. The third-order valence-corrected chi connectivity index (χ3v) is 3.62. The summed E-state index contributed by atoms with van der Waals surface area (Å²) in [4.78, 5) is 8.71. The highest BCUT2D eigenvalue weighted by Gasteiger charge is 2.09. The van der Waals surface area contributed by atoms with Crippen LogP contribution in [-0.4, -0.2) is 25.1 Å². The van der Waals surface area contributed by atoms with Crippen molar-refractivity contribution >= 4 is 11.0 Å². The first-order valence-electron chi connectivity index (χ1n) is 6.85. The van der Waals surface area contributed by atoms with Crippen molar-refractivity contribution in [1.82, 2.24) is 19.1 Å². The normalized spacial score (nSPS) is 12.9. The van der Waals surface area contributed by atoms with Crippen molar-refractivity contribution in [3.8, 4) is 0 Å². The van der Waals surface area contributed by atoms with Crippen LogP contribution in [0.3, 0.4) is 0 Å². The SMILES string of the molecule is Cn1ccnc1CCC(N)Cn1cnc2ccccc21. The quantitative estimate of drug-likeness (QED) is 0.767. The van der Waals surface area contributed by atoms with Gasteiger partial charge in [0.1, 0.15) is 5.82 Å². The van der Waals surface area contributed by atoms with Gasteiger partial charge in [-0.3, -0.25) is 0 Å². The molecule has 1 unspecified atom stereocenters. The third kappa shape index (κ3) is 2.58. The molecule has 0 saturated carbocycles. The molecule has 5 heteroatoms. The minimum atomic E-state index is 0.101. The number of nitrogens with zero attached hydrogens (tertiary/aromatic N) is 4. The molecule has 1 aromatic carbocycles. The molecule has 2 heterocycles. The van der Waals surface area contributed by atoms with Gasteiger partial charge in [0.15, 0.2) is 0 Å². The van der Waals surface area contributed by atoms with E-state index in [-0.39, 0.29) is 6.04 Å². The van der Waals surface area contributed by atoms with Gasteiger partial charge in [-0.1, -0.05) is 12.1 Å². The topological polar surface area (TPSA) is 61.7 Å². The van der Waals surface area contributed by atoms with Crippen LogP contribution < -0.4 is 5.73 Å². The molecule has 0 aliphatic carbocycles. The predicted octanol–water partition coefficient (Wildman–Crippen LogP) is 1.73. The van der Waals surface area contributed by atoms with Gasteiger partial charge >= 0.3 is 0 Å². The van der Waals surface area contributed by atoms with Crippen molar-refractivity contribution in [3.63, 3.8) is 0 Å². The van der Waals surface area contributed by atoms with Gasteiger partial charge in [-0.2, -0.15) is 0 Å². The molecule has 0 aliphatic heterocycles. The largest absolute Gasteiger partial charge is 0.338 e. The number of hydrogen-bond acceptors (Lipinski definition) is 3.